The van der Waals surface area contributed by atoms with Gasteiger partial charge in [-0.3, -0.25) is 4.79 Å². The summed E-state index contributed by atoms with van der Waals surface area (Å²) >= 11 is 1.15. The van der Waals surface area contributed by atoms with Gasteiger partial charge in [0.15, 0.2) is 0 Å². The highest BCUT2D eigenvalue weighted by atomic mass is 32.2. The van der Waals surface area contributed by atoms with Crippen LogP contribution in [0.5, 0.6) is 0 Å². The number of hydrogen-bond donors (Lipinski definition) is 2. The van der Waals surface area contributed by atoms with Crippen molar-refractivity contribution in [2.24, 2.45) is 5.73 Å². The largest absolute Gasteiger partial charge is 0.334 e. The first-order chi connectivity index (χ1) is 8.99. The van der Waals surface area contributed by atoms with Crippen molar-refractivity contribution in [1.82, 2.24) is 9.62 Å². The average molecular weight is 303 g/mol. The maximum absolute atomic E-state index is 12.3. The quantitative estimate of drug-likeness (QED) is 0.832. The van der Waals surface area contributed by atoms with Crippen LogP contribution < -0.4 is 10.5 Å². The van der Waals surface area contributed by atoms with Crippen molar-refractivity contribution in [3.05, 3.63) is 16.3 Å². The third kappa shape index (κ3) is 2.81. The fraction of sp³-hybridized carbons (Fsp3) is 0.545. The molecule has 6 nitrogen and oxygen atoms in total. The topological polar surface area (TPSA) is 92.5 Å². The first-order valence-electron chi connectivity index (χ1n) is 6.02. The van der Waals surface area contributed by atoms with E-state index < -0.39 is 10.0 Å². The van der Waals surface area contributed by atoms with Gasteiger partial charge in [0, 0.05) is 24.5 Å². The second-order valence-electron chi connectivity index (χ2n) is 4.38. The van der Waals surface area contributed by atoms with Crippen LogP contribution in [0.4, 0.5) is 0 Å². The van der Waals surface area contributed by atoms with Crippen LogP contribution in [0.15, 0.2) is 16.3 Å². The van der Waals surface area contributed by atoms with Crippen molar-refractivity contribution in [1.29, 1.82) is 0 Å². The van der Waals surface area contributed by atoms with Crippen molar-refractivity contribution < 1.29 is 13.2 Å². The number of likely N-dealkylation sites (tertiary alicyclic amines) is 1. The number of amides is 1. The lowest BCUT2D eigenvalue weighted by molar-refractivity contribution is 0.0746. The van der Waals surface area contributed by atoms with E-state index in [1.807, 2.05) is 0 Å². The maximum Gasteiger partial charge on any atom is 0.264 e. The number of rotatable bonds is 4. The third-order valence-electron chi connectivity index (χ3n) is 3.28. The Bertz CT molecular complexity index is 567. The van der Waals surface area contributed by atoms with E-state index in [1.54, 1.807) is 4.90 Å². The Morgan fingerprint density at radius 2 is 2.37 bits per heavy atom. The molecule has 3 N–H and O–H groups in total. The number of carbonyl (C=O) groups excluding carboxylic acids is 1. The molecule has 0 spiro atoms. The Hall–Kier alpha value is -0.960. The molecule has 1 amide bonds. The van der Waals surface area contributed by atoms with Crippen molar-refractivity contribution in [3.8, 4) is 0 Å². The smallest absolute Gasteiger partial charge is 0.264 e. The molecule has 1 aliphatic heterocycles. The molecule has 0 aromatic carbocycles. The van der Waals surface area contributed by atoms with Crippen LogP contribution in [0.1, 0.15) is 22.5 Å². The summed E-state index contributed by atoms with van der Waals surface area (Å²) in [6.07, 6.45) is 1.86. The Balaban J connectivity index is 2.21. The molecule has 2 heterocycles. The number of hydrogen-bond acceptors (Lipinski definition) is 5. The Labute approximate surface area is 116 Å². The Morgan fingerprint density at radius 1 is 1.63 bits per heavy atom. The van der Waals surface area contributed by atoms with E-state index in [4.69, 9.17) is 5.73 Å². The number of sulfonamides is 1. The van der Waals surface area contributed by atoms with Gasteiger partial charge in [0.1, 0.15) is 0 Å². The van der Waals surface area contributed by atoms with Gasteiger partial charge in [-0.25, -0.2) is 13.1 Å². The molecule has 106 valence electrons. The summed E-state index contributed by atoms with van der Waals surface area (Å²) < 4.78 is 25.5. The SMILES string of the molecule is CNS(=O)(=O)c1csc(C(=O)N2CCCC2CN)c1. The predicted molar refractivity (Wildman–Crippen MR) is 73.7 cm³/mol. The molecule has 8 heteroatoms. The monoisotopic (exact) mass is 303 g/mol. The van der Waals surface area contributed by atoms with Gasteiger partial charge in [0.2, 0.25) is 10.0 Å². The maximum atomic E-state index is 12.3. The molecule has 2 rings (SSSR count). The van der Waals surface area contributed by atoms with Crippen LogP contribution >= 0.6 is 11.3 Å². The lowest BCUT2D eigenvalue weighted by Gasteiger charge is -2.22. The Kier molecular flexibility index (Phi) is 4.24. The van der Waals surface area contributed by atoms with E-state index >= 15 is 0 Å². The highest BCUT2D eigenvalue weighted by Gasteiger charge is 2.29. The fourth-order valence-corrected chi connectivity index (χ4v) is 4.14. The van der Waals surface area contributed by atoms with Crippen molar-refractivity contribution in [3.63, 3.8) is 0 Å². The van der Waals surface area contributed by atoms with Gasteiger partial charge in [-0.05, 0) is 26.0 Å². The number of nitrogens with one attached hydrogen (secondary N) is 1. The summed E-state index contributed by atoms with van der Waals surface area (Å²) in [4.78, 5) is 14.6. The minimum atomic E-state index is -3.49. The molecule has 1 unspecified atom stereocenters. The minimum Gasteiger partial charge on any atom is -0.334 e. The minimum absolute atomic E-state index is 0.0685. The van der Waals surface area contributed by atoms with E-state index in [-0.39, 0.29) is 16.8 Å². The molecule has 1 aliphatic rings. The molecule has 1 aromatic rings. The van der Waals surface area contributed by atoms with Crippen molar-refractivity contribution in [2.45, 2.75) is 23.8 Å². The highest BCUT2D eigenvalue weighted by Crippen LogP contribution is 2.24. The summed E-state index contributed by atoms with van der Waals surface area (Å²) in [6.45, 7) is 1.13. The zero-order chi connectivity index (χ0) is 14.0. The summed E-state index contributed by atoms with van der Waals surface area (Å²) in [5.41, 5.74) is 5.64. The first kappa shape index (κ1) is 14.4. The number of thiophene rings is 1. The standard InChI is InChI=1S/C11H17N3O3S2/c1-13-19(16,17)9-5-10(18-7-9)11(15)14-4-2-3-8(14)6-12/h5,7-8,13H,2-4,6,12H2,1H3. The lowest BCUT2D eigenvalue weighted by Crippen LogP contribution is -2.39. The second kappa shape index (κ2) is 5.58. The molecule has 0 aliphatic carbocycles. The normalized spacial score (nSPS) is 19.9. The average Bonchev–Trinajstić information content (AvgIpc) is 3.06. The Morgan fingerprint density at radius 3 is 3.00 bits per heavy atom. The van der Waals surface area contributed by atoms with Gasteiger partial charge in [-0.1, -0.05) is 0 Å². The lowest BCUT2D eigenvalue weighted by atomic mass is 10.2. The van der Waals surface area contributed by atoms with Crippen LogP contribution in [-0.4, -0.2) is 45.4 Å². The fourth-order valence-electron chi connectivity index (χ4n) is 2.18. The van der Waals surface area contributed by atoms with Crippen LogP contribution in [0.2, 0.25) is 0 Å². The van der Waals surface area contributed by atoms with Crippen LogP contribution in [0.3, 0.4) is 0 Å². The predicted octanol–water partition coefficient (Wildman–Crippen LogP) is 0.220. The molecule has 19 heavy (non-hydrogen) atoms. The third-order valence-corrected chi connectivity index (χ3v) is 5.74. The van der Waals surface area contributed by atoms with E-state index in [9.17, 15) is 13.2 Å². The van der Waals surface area contributed by atoms with E-state index in [2.05, 4.69) is 4.72 Å². The second-order valence-corrected chi connectivity index (χ2v) is 7.18. The van der Waals surface area contributed by atoms with Gasteiger partial charge < -0.3 is 10.6 Å². The van der Waals surface area contributed by atoms with Crippen LogP contribution in [0, 0.1) is 0 Å². The van der Waals surface area contributed by atoms with Crippen LogP contribution in [0.25, 0.3) is 0 Å². The van der Waals surface area contributed by atoms with Gasteiger partial charge in [-0.2, -0.15) is 0 Å². The molecular weight excluding hydrogens is 286 g/mol. The molecule has 0 radical (unpaired) electrons. The molecule has 0 bridgehead atoms. The van der Waals surface area contributed by atoms with Crippen molar-refractivity contribution in [2.75, 3.05) is 20.1 Å². The molecule has 0 saturated carbocycles. The zero-order valence-electron chi connectivity index (χ0n) is 10.6. The van der Waals surface area contributed by atoms with Gasteiger partial charge >= 0.3 is 0 Å². The summed E-state index contributed by atoms with van der Waals surface area (Å²) in [5.74, 6) is -0.129. The summed E-state index contributed by atoms with van der Waals surface area (Å²) in [6, 6.07) is 1.49. The summed E-state index contributed by atoms with van der Waals surface area (Å²) in [7, 11) is -2.14. The zero-order valence-corrected chi connectivity index (χ0v) is 12.3. The van der Waals surface area contributed by atoms with E-state index in [0.717, 1.165) is 24.2 Å². The molecule has 1 saturated heterocycles. The highest BCUT2D eigenvalue weighted by molar-refractivity contribution is 7.89. The number of carbonyl (C=O) groups is 1. The number of nitrogens with zero attached hydrogens (tertiary/aromatic N) is 1. The molecule has 1 fully saturated rings. The molecular formula is C11H17N3O3S2. The number of nitrogens with two attached hydrogens (primary N) is 1. The van der Waals surface area contributed by atoms with Gasteiger partial charge in [-0.15, -0.1) is 11.3 Å². The first-order valence-corrected chi connectivity index (χ1v) is 8.39. The van der Waals surface area contributed by atoms with Crippen molar-refractivity contribution >= 4 is 27.3 Å². The summed E-state index contributed by atoms with van der Waals surface area (Å²) in [5, 5.41) is 1.48. The molecule has 1 aromatic heterocycles. The van der Waals surface area contributed by atoms with Crippen LogP contribution in [-0.2, 0) is 10.0 Å². The van der Waals surface area contributed by atoms with Gasteiger partial charge in [0.05, 0.1) is 9.77 Å². The van der Waals surface area contributed by atoms with Gasteiger partial charge in [0.25, 0.3) is 5.91 Å². The molecule has 1 atom stereocenters. The van der Waals surface area contributed by atoms with E-state index in [1.165, 1.54) is 18.5 Å². The van der Waals surface area contributed by atoms with E-state index in [0.29, 0.717) is 18.0 Å².